The number of piperidine rings is 1. The summed E-state index contributed by atoms with van der Waals surface area (Å²) >= 11 is 0. The monoisotopic (exact) mass is 230 g/mol. The van der Waals surface area contributed by atoms with Crippen LogP contribution >= 0.6 is 0 Å². The molecule has 1 aliphatic heterocycles. The summed E-state index contributed by atoms with van der Waals surface area (Å²) < 4.78 is 10.5. The van der Waals surface area contributed by atoms with Gasteiger partial charge in [-0.3, -0.25) is 4.79 Å². The Bertz CT molecular complexity index is 215. The van der Waals surface area contributed by atoms with E-state index in [0.717, 1.165) is 25.9 Å². The van der Waals surface area contributed by atoms with E-state index in [4.69, 9.17) is 9.47 Å². The summed E-state index contributed by atoms with van der Waals surface area (Å²) in [6, 6.07) is 0. The molecular weight excluding hydrogens is 208 g/mol. The minimum Gasteiger partial charge on any atom is -0.383 e. The minimum atomic E-state index is -0.198. The molecule has 5 nitrogen and oxygen atoms in total. The van der Waals surface area contributed by atoms with E-state index in [2.05, 4.69) is 10.6 Å². The van der Waals surface area contributed by atoms with Gasteiger partial charge in [0.15, 0.2) is 0 Å². The van der Waals surface area contributed by atoms with Gasteiger partial charge in [-0.05, 0) is 26.3 Å². The maximum atomic E-state index is 11.4. The molecular formula is C11H22N2O3. The van der Waals surface area contributed by atoms with Crippen LogP contribution in [0.4, 0.5) is 0 Å². The minimum absolute atomic E-state index is 0.0798. The molecule has 1 rings (SSSR count). The van der Waals surface area contributed by atoms with Gasteiger partial charge >= 0.3 is 0 Å². The van der Waals surface area contributed by atoms with E-state index in [0.29, 0.717) is 13.2 Å². The summed E-state index contributed by atoms with van der Waals surface area (Å²) in [5, 5.41) is 6.01. The number of ether oxygens (including phenoxy) is 2. The van der Waals surface area contributed by atoms with Crippen molar-refractivity contribution in [1.82, 2.24) is 10.6 Å². The molecule has 1 amide bonds. The lowest BCUT2D eigenvalue weighted by Gasteiger charge is -2.33. The average molecular weight is 230 g/mol. The van der Waals surface area contributed by atoms with Gasteiger partial charge in [0.1, 0.15) is 6.61 Å². The van der Waals surface area contributed by atoms with Crippen molar-refractivity contribution in [3.63, 3.8) is 0 Å². The van der Waals surface area contributed by atoms with E-state index in [1.807, 2.05) is 6.92 Å². The fourth-order valence-corrected chi connectivity index (χ4v) is 1.74. The lowest BCUT2D eigenvalue weighted by atomic mass is 9.96. The van der Waals surface area contributed by atoms with E-state index >= 15 is 0 Å². The van der Waals surface area contributed by atoms with Gasteiger partial charge in [0, 0.05) is 20.2 Å². The van der Waals surface area contributed by atoms with Crippen molar-refractivity contribution >= 4 is 5.91 Å². The quantitative estimate of drug-likeness (QED) is 0.626. The standard InChI is InChI=1S/C11H22N2O3/c1-11(4-3-5-12-9-11)16-8-10(14)13-6-7-15-2/h12H,3-9H2,1-2H3,(H,13,14). The maximum Gasteiger partial charge on any atom is 0.246 e. The third kappa shape index (κ3) is 4.92. The van der Waals surface area contributed by atoms with Gasteiger partial charge in [0.2, 0.25) is 5.91 Å². The molecule has 0 aliphatic carbocycles. The van der Waals surface area contributed by atoms with Gasteiger partial charge in [-0.15, -0.1) is 0 Å². The van der Waals surface area contributed by atoms with Crippen LogP contribution in [0.5, 0.6) is 0 Å². The third-order valence-electron chi connectivity index (χ3n) is 2.74. The van der Waals surface area contributed by atoms with Crippen molar-refractivity contribution < 1.29 is 14.3 Å². The lowest BCUT2D eigenvalue weighted by molar-refractivity contribution is -0.133. The molecule has 1 aliphatic rings. The first-order valence-corrected chi connectivity index (χ1v) is 5.77. The largest absolute Gasteiger partial charge is 0.383 e. The smallest absolute Gasteiger partial charge is 0.246 e. The first-order chi connectivity index (χ1) is 7.66. The SMILES string of the molecule is COCCNC(=O)COC1(C)CCCNC1. The van der Waals surface area contributed by atoms with Crippen LogP contribution in [0.3, 0.4) is 0 Å². The van der Waals surface area contributed by atoms with Crippen molar-refractivity contribution in [1.29, 1.82) is 0 Å². The Kier molecular flexibility index (Phi) is 5.73. The second kappa shape index (κ2) is 6.83. The van der Waals surface area contributed by atoms with Crippen LogP contribution in [0, 0.1) is 0 Å². The highest BCUT2D eigenvalue weighted by molar-refractivity contribution is 5.77. The molecule has 2 N–H and O–H groups in total. The van der Waals surface area contributed by atoms with Crippen LogP contribution in [0.15, 0.2) is 0 Å². The predicted molar refractivity (Wildman–Crippen MR) is 61.3 cm³/mol. The Morgan fingerprint density at radius 1 is 1.56 bits per heavy atom. The molecule has 1 atom stereocenters. The summed E-state index contributed by atoms with van der Waals surface area (Å²) in [6.45, 7) is 5.10. The van der Waals surface area contributed by atoms with E-state index in [1.165, 1.54) is 0 Å². The zero-order valence-electron chi connectivity index (χ0n) is 10.2. The molecule has 0 saturated carbocycles. The molecule has 0 aromatic rings. The molecule has 94 valence electrons. The fraction of sp³-hybridized carbons (Fsp3) is 0.909. The number of carbonyl (C=O) groups excluding carboxylic acids is 1. The van der Waals surface area contributed by atoms with Gasteiger partial charge < -0.3 is 20.1 Å². The van der Waals surface area contributed by atoms with Gasteiger partial charge in [-0.25, -0.2) is 0 Å². The molecule has 1 unspecified atom stereocenters. The van der Waals surface area contributed by atoms with Crippen LogP contribution in [-0.4, -0.2) is 51.5 Å². The van der Waals surface area contributed by atoms with E-state index in [1.54, 1.807) is 7.11 Å². The average Bonchev–Trinajstić information content (AvgIpc) is 2.28. The van der Waals surface area contributed by atoms with Gasteiger partial charge in [0.05, 0.1) is 12.2 Å². The molecule has 0 spiro atoms. The highest BCUT2D eigenvalue weighted by atomic mass is 16.5. The zero-order chi connectivity index (χ0) is 11.9. The van der Waals surface area contributed by atoms with Gasteiger partial charge in [0.25, 0.3) is 0 Å². The van der Waals surface area contributed by atoms with Gasteiger partial charge in [-0.2, -0.15) is 0 Å². The Hall–Kier alpha value is -0.650. The van der Waals surface area contributed by atoms with Crippen molar-refractivity contribution in [2.45, 2.75) is 25.4 Å². The Morgan fingerprint density at radius 3 is 3.00 bits per heavy atom. The normalized spacial score (nSPS) is 25.4. The molecule has 0 aromatic carbocycles. The number of amides is 1. The topological polar surface area (TPSA) is 59.6 Å². The van der Waals surface area contributed by atoms with Crippen molar-refractivity contribution in [2.24, 2.45) is 0 Å². The fourth-order valence-electron chi connectivity index (χ4n) is 1.74. The van der Waals surface area contributed by atoms with Crippen LogP contribution in [0.2, 0.25) is 0 Å². The van der Waals surface area contributed by atoms with E-state index in [9.17, 15) is 4.79 Å². The highest BCUT2D eigenvalue weighted by Crippen LogP contribution is 2.19. The summed E-state index contributed by atoms with van der Waals surface area (Å²) in [4.78, 5) is 11.4. The molecule has 0 aromatic heterocycles. The second-order valence-electron chi connectivity index (χ2n) is 4.36. The Balaban J connectivity index is 2.14. The third-order valence-corrected chi connectivity index (χ3v) is 2.74. The van der Waals surface area contributed by atoms with Crippen LogP contribution in [-0.2, 0) is 14.3 Å². The van der Waals surface area contributed by atoms with Crippen LogP contribution < -0.4 is 10.6 Å². The highest BCUT2D eigenvalue weighted by Gasteiger charge is 2.27. The van der Waals surface area contributed by atoms with Crippen molar-refractivity contribution in [2.75, 3.05) is 40.0 Å². The van der Waals surface area contributed by atoms with Crippen LogP contribution in [0.25, 0.3) is 0 Å². The molecule has 16 heavy (non-hydrogen) atoms. The van der Waals surface area contributed by atoms with Crippen LogP contribution in [0.1, 0.15) is 19.8 Å². The van der Waals surface area contributed by atoms with E-state index < -0.39 is 0 Å². The molecule has 5 heteroatoms. The second-order valence-corrected chi connectivity index (χ2v) is 4.36. The molecule has 1 heterocycles. The maximum absolute atomic E-state index is 11.4. The Labute approximate surface area is 96.9 Å². The molecule has 0 radical (unpaired) electrons. The number of carbonyl (C=O) groups is 1. The zero-order valence-corrected chi connectivity index (χ0v) is 10.2. The Morgan fingerprint density at radius 2 is 2.38 bits per heavy atom. The first-order valence-electron chi connectivity index (χ1n) is 5.77. The number of rotatable bonds is 6. The molecule has 1 saturated heterocycles. The number of nitrogens with one attached hydrogen (secondary N) is 2. The van der Waals surface area contributed by atoms with Gasteiger partial charge in [-0.1, -0.05) is 0 Å². The number of hydrogen-bond acceptors (Lipinski definition) is 4. The van der Waals surface area contributed by atoms with E-state index in [-0.39, 0.29) is 18.1 Å². The number of hydrogen-bond donors (Lipinski definition) is 2. The summed E-state index contributed by atoms with van der Waals surface area (Å²) in [5.74, 6) is -0.0798. The van der Waals surface area contributed by atoms with Crippen molar-refractivity contribution in [3.8, 4) is 0 Å². The summed E-state index contributed by atoms with van der Waals surface area (Å²) in [6.07, 6.45) is 2.10. The lowest BCUT2D eigenvalue weighted by Crippen LogP contribution is -2.47. The molecule has 0 bridgehead atoms. The predicted octanol–water partition coefficient (Wildman–Crippen LogP) is -0.0923. The number of methoxy groups -OCH3 is 1. The summed E-state index contributed by atoms with van der Waals surface area (Å²) in [5.41, 5.74) is -0.198. The van der Waals surface area contributed by atoms with Crippen molar-refractivity contribution in [3.05, 3.63) is 0 Å². The first kappa shape index (κ1) is 13.4. The molecule has 1 fully saturated rings. The summed E-state index contributed by atoms with van der Waals surface area (Å²) in [7, 11) is 1.61.